The Morgan fingerprint density at radius 1 is 1.59 bits per heavy atom. The molecule has 0 bridgehead atoms. The molecular weight excluding hydrogens is 346 g/mol. The van der Waals surface area contributed by atoms with E-state index >= 15 is 0 Å². The van der Waals surface area contributed by atoms with Gasteiger partial charge in [-0.05, 0) is 22.4 Å². The number of anilines is 2. The van der Waals surface area contributed by atoms with E-state index < -0.39 is 0 Å². The van der Waals surface area contributed by atoms with Gasteiger partial charge in [-0.1, -0.05) is 13.8 Å². The van der Waals surface area contributed by atoms with Crippen molar-refractivity contribution in [3.8, 4) is 0 Å². The molecule has 0 spiro atoms. The van der Waals surface area contributed by atoms with Crippen LogP contribution in [0.4, 0.5) is 11.4 Å². The van der Waals surface area contributed by atoms with Crippen LogP contribution in [0.15, 0.2) is 16.9 Å². The predicted molar refractivity (Wildman–Crippen MR) is 92.1 cm³/mol. The minimum absolute atomic E-state index is 0.00931. The molecule has 3 rings (SSSR count). The maximum absolute atomic E-state index is 12.0. The highest BCUT2D eigenvalue weighted by Crippen LogP contribution is 2.39. The van der Waals surface area contributed by atoms with Crippen LogP contribution in [0.3, 0.4) is 0 Å². The average molecular weight is 366 g/mol. The van der Waals surface area contributed by atoms with Crippen LogP contribution in [0.5, 0.6) is 0 Å². The fraction of sp³-hybridized carbons (Fsp3) is 0.467. The van der Waals surface area contributed by atoms with Gasteiger partial charge < -0.3 is 20.9 Å². The molecule has 1 saturated heterocycles. The van der Waals surface area contributed by atoms with Crippen molar-refractivity contribution in [1.82, 2.24) is 9.97 Å². The van der Waals surface area contributed by atoms with Gasteiger partial charge in [-0.2, -0.15) is 0 Å². The zero-order valence-corrected chi connectivity index (χ0v) is 14.3. The highest BCUT2D eigenvalue weighted by Gasteiger charge is 2.25. The van der Waals surface area contributed by atoms with Gasteiger partial charge in [0.2, 0.25) is 5.91 Å². The number of amides is 1. The number of H-pyrrole nitrogens is 1. The van der Waals surface area contributed by atoms with Crippen LogP contribution < -0.4 is 16.0 Å². The standard InChI is InChI=1S/C15H20BrN5O/c1-8(2)15(22)20-11-6-19-14-12(11)13(10(16)5-18-14)21-4-3-9(17)7-21/h5-6,8-9H,3-4,7,17H2,1-2H3,(H,18,19)(H,20,22)/t9-/m1/s1. The van der Waals surface area contributed by atoms with Gasteiger partial charge in [0.05, 0.1) is 21.2 Å². The lowest BCUT2D eigenvalue weighted by atomic mass is 10.2. The first-order valence-electron chi connectivity index (χ1n) is 7.44. The quantitative estimate of drug-likeness (QED) is 0.779. The molecule has 0 radical (unpaired) electrons. The fourth-order valence-electron chi connectivity index (χ4n) is 2.73. The van der Waals surface area contributed by atoms with E-state index in [1.165, 1.54) is 0 Å². The molecule has 4 N–H and O–H groups in total. The van der Waals surface area contributed by atoms with Gasteiger partial charge in [-0.3, -0.25) is 4.79 Å². The minimum Gasteiger partial charge on any atom is -0.368 e. The maximum atomic E-state index is 12.0. The van der Waals surface area contributed by atoms with E-state index in [1.54, 1.807) is 12.4 Å². The molecule has 1 fully saturated rings. The molecular formula is C15H20BrN5O. The monoisotopic (exact) mass is 365 g/mol. The summed E-state index contributed by atoms with van der Waals surface area (Å²) in [7, 11) is 0. The molecule has 2 aromatic rings. The van der Waals surface area contributed by atoms with Gasteiger partial charge in [0.25, 0.3) is 0 Å². The smallest absolute Gasteiger partial charge is 0.226 e. The number of nitrogens with zero attached hydrogens (tertiary/aromatic N) is 2. The Balaban J connectivity index is 2.07. The molecule has 7 heteroatoms. The zero-order chi connectivity index (χ0) is 15.9. The molecule has 6 nitrogen and oxygen atoms in total. The van der Waals surface area contributed by atoms with Crippen molar-refractivity contribution in [2.24, 2.45) is 11.7 Å². The first-order valence-corrected chi connectivity index (χ1v) is 8.23. The van der Waals surface area contributed by atoms with E-state index in [1.807, 2.05) is 13.8 Å². The molecule has 0 saturated carbocycles. The van der Waals surface area contributed by atoms with Crippen LogP contribution in [0.1, 0.15) is 20.3 Å². The summed E-state index contributed by atoms with van der Waals surface area (Å²) in [6.45, 7) is 5.46. The first-order chi connectivity index (χ1) is 10.5. The number of nitrogens with one attached hydrogen (secondary N) is 2. The molecule has 0 aromatic carbocycles. The largest absolute Gasteiger partial charge is 0.368 e. The number of hydrogen-bond donors (Lipinski definition) is 3. The first kappa shape index (κ1) is 15.3. The third-order valence-corrected chi connectivity index (χ3v) is 4.53. The van der Waals surface area contributed by atoms with Crippen LogP contribution in [0.25, 0.3) is 11.0 Å². The molecule has 2 aromatic heterocycles. The number of hydrogen-bond acceptors (Lipinski definition) is 4. The third kappa shape index (κ3) is 2.70. The van der Waals surface area contributed by atoms with Crippen molar-refractivity contribution in [3.63, 3.8) is 0 Å². The second-order valence-corrected chi connectivity index (χ2v) is 6.87. The Kier molecular flexibility index (Phi) is 4.10. The summed E-state index contributed by atoms with van der Waals surface area (Å²) < 4.78 is 0.911. The van der Waals surface area contributed by atoms with E-state index in [-0.39, 0.29) is 17.9 Å². The molecule has 3 heterocycles. The van der Waals surface area contributed by atoms with E-state index in [9.17, 15) is 4.79 Å². The van der Waals surface area contributed by atoms with Gasteiger partial charge in [0.1, 0.15) is 5.65 Å². The second-order valence-electron chi connectivity index (χ2n) is 6.02. The van der Waals surface area contributed by atoms with Crippen molar-refractivity contribution in [2.75, 3.05) is 23.3 Å². The van der Waals surface area contributed by atoms with Gasteiger partial charge in [-0.25, -0.2) is 4.98 Å². The third-order valence-electron chi connectivity index (χ3n) is 3.95. The molecule has 0 aliphatic carbocycles. The van der Waals surface area contributed by atoms with Gasteiger partial charge in [0.15, 0.2) is 0 Å². The van der Waals surface area contributed by atoms with Crippen LogP contribution >= 0.6 is 15.9 Å². The molecule has 118 valence electrons. The Hall–Kier alpha value is -1.60. The Morgan fingerprint density at radius 2 is 2.36 bits per heavy atom. The molecule has 1 aliphatic rings. The maximum Gasteiger partial charge on any atom is 0.226 e. The van der Waals surface area contributed by atoms with E-state index in [0.29, 0.717) is 0 Å². The highest BCUT2D eigenvalue weighted by molar-refractivity contribution is 9.10. The number of rotatable bonds is 3. The number of carbonyl (C=O) groups excluding carboxylic acids is 1. The van der Waals surface area contributed by atoms with Gasteiger partial charge in [0, 0.05) is 37.4 Å². The summed E-state index contributed by atoms with van der Waals surface area (Å²) in [5.74, 6) is -0.0846. The van der Waals surface area contributed by atoms with E-state index in [0.717, 1.165) is 46.4 Å². The minimum atomic E-state index is -0.0753. The van der Waals surface area contributed by atoms with E-state index in [4.69, 9.17) is 5.73 Å². The summed E-state index contributed by atoms with van der Waals surface area (Å²) in [4.78, 5) is 21.8. The van der Waals surface area contributed by atoms with Crippen molar-refractivity contribution in [1.29, 1.82) is 0 Å². The van der Waals surface area contributed by atoms with Gasteiger partial charge in [-0.15, -0.1) is 0 Å². The number of halogens is 1. The molecule has 1 amide bonds. The van der Waals surface area contributed by atoms with Crippen molar-refractivity contribution < 1.29 is 4.79 Å². The number of aromatic amines is 1. The number of pyridine rings is 1. The van der Waals surface area contributed by atoms with Crippen LogP contribution in [0, 0.1) is 5.92 Å². The lowest BCUT2D eigenvalue weighted by Gasteiger charge is -2.21. The molecule has 22 heavy (non-hydrogen) atoms. The Morgan fingerprint density at radius 3 is 3.00 bits per heavy atom. The number of carbonyl (C=O) groups is 1. The number of aromatic nitrogens is 2. The summed E-state index contributed by atoms with van der Waals surface area (Å²) in [6.07, 6.45) is 4.55. The summed E-state index contributed by atoms with van der Waals surface area (Å²) in [5, 5.41) is 3.91. The molecule has 1 aliphatic heterocycles. The zero-order valence-electron chi connectivity index (χ0n) is 12.7. The molecule has 1 atom stereocenters. The Labute approximate surface area is 137 Å². The fourth-order valence-corrected chi connectivity index (χ4v) is 3.28. The lowest BCUT2D eigenvalue weighted by Crippen LogP contribution is -2.26. The summed E-state index contributed by atoms with van der Waals surface area (Å²) >= 11 is 3.59. The topological polar surface area (TPSA) is 87.0 Å². The van der Waals surface area contributed by atoms with Crippen LogP contribution in [-0.2, 0) is 4.79 Å². The summed E-state index contributed by atoms with van der Waals surface area (Å²) in [6, 6.07) is 0.183. The highest BCUT2D eigenvalue weighted by atomic mass is 79.9. The summed E-state index contributed by atoms with van der Waals surface area (Å²) in [5.41, 5.74) is 8.60. The Bertz CT molecular complexity index is 711. The SMILES string of the molecule is CC(C)C(=O)Nc1c[nH]c2ncc(Br)c(N3CC[C@@H](N)C3)c12. The second kappa shape index (κ2) is 5.89. The van der Waals surface area contributed by atoms with Crippen LogP contribution in [-0.4, -0.2) is 35.0 Å². The van der Waals surface area contributed by atoms with Crippen LogP contribution in [0.2, 0.25) is 0 Å². The normalized spacial score (nSPS) is 18.4. The van der Waals surface area contributed by atoms with E-state index in [2.05, 4.69) is 36.1 Å². The van der Waals surface area contributed by atoms with Crippen molar-refractivity contribution in [3.05, 3.63) is 16.9 Å². The average Bonchev–Trinajstić information content (AvgIpc) is 3.06. The number of nitrogens with two attached hydrogens (primary N) is 1. The van der Waals surface area contributed by atoms with Crippen molar-refractivity contribution in [2.45, 2.75) is 26.3 Å². The predicted octanol–water partition coefficient (Wildman–Crippen LogP) is 2.46. The van der Waals surface area contributed by atoms with Crippen molar-refractivity contribution >= 4 is 44.2 Å². The lowest BCUT2D eigenvalue weighted by molar-refractivity contribution is -0.118. The van der Waals surface area contributed by atoms with Gasteiger partial charge >= 0.3 is 0 Å². The molecule has 0 unspecified atom stereocenters. The number of fused-ring (bicyclic) bond motifs is 1.